The van der Waals surface area contributed by atoms with Crippen LogP contribution in [0.25, 0.3) is 0 Å². The van der Waals surface area contributed by atoms with E-state index in [1.165, 1.54) is 17.9 Å². The third-order valence-electron chi connectivity index (χ3n) is 5.16. The molecule has 0 radical (unpaired) electrons. The fraction of sp³-hybridized carbons (Fsp3) is 0.526. The highest BCUT2D eigenvalue weighted by molar-refractivity contribution is 8.14. The molecule has 3 heterocycles. The Bertz CT molecular complexity index is 828. The number of piperazine rings is 1. The minimum Gasteiger partial charge on any atom is -0.442 e. The van der Waals surface area contributed by atoms with Gasteiger partial charge in [0, 0.05) is 38.9 Å². The Labute approximate surface area is 173 Å². The van der Waals surface area contributed by atoms with E-state index < -0.39 is 12.2 Å². The number of amides is 2. The van der Waals surface area contributed by atoms with E-state index >= 15 is 0 Å². The van der Waals surface area contributed by atoms with Crippen LogP contribution in [0, 0.1) is 5.82 Å². The molecule has 0 bridgehead atoms. The van der Waals surface area contributed by atoms with Crippen LogP contribution in [0.2, 0.25) is 0 Å². The zero-order valence-electron chi connectivity index (χ0n) is 16.3. The van der Waals surface area contributed by atoms with Crippen molar-refractivity contribution in [2.45, 2.75) is 13.0 Å². The summed E-state index contributed by atoms with van der Waals surface area (Å²) in [6.45, 7) is 5.87. The predicted octanol–water partition coefficient (Wildman–Crippen LogP) is 1.51. The van der Waals surface area contributed by atoms with Gasteiger partial charge in [-0.1, -0.05) is 11.8 Å². The standard InChI is InChI=1S/C19H24FN5O3S/c1-13(26)22-11-15-12-25(19(27)28-15)14-2-3-17(16(20)10-14)23-5-7-24(8-6-23)18-21-4-9-29-18/h2-3,10,15H,4-9,11-12H2,1H3,(H,22,26). The van der Waals surface area contributed by atoms with E-state index in [9.17, 15) is 14.0 Å². The smallest absolute Gasteiger partial charge is 0.414 e. The van der Waals surface area contributed by atoms with Gasteiger partial charge in [0.1, 0.15) is 11.9 Å². The number of thioether (sulfide) groups is 1. The van der Waals surface area contributed by atoms with Gasteiger partial charge in [-0.2, -0.15) is 0 Å². The summed E-state index contributed by atoms with van der Waals surface area (Å²) in [6.07, 6.45) is -0.977. The lowest BCUT2D eigenvalue weighted by atomic mass is 10.2. The summed E-state index contributed by atoms with van der Waals surface area (Å²) in [7, 11) is 0. The lowest BCUT2D eigenvalue weighted by molar-refractivity contribution is -0.119. The summed E-state index contributed by atoms with van der Waals surface area (Å²) < 4.78 is 20.1. The second-order valence-electron chi connectivity index (χ2n) is 7.18. The van der Waals surface area contributed by atoms with E-state index in [2.05, 4.69) is 15.2 Å². The van der Waals surface area contributed by atoms with Crippen LogP contribution in [0.3, 0.4) is 0 Å². The maximum atomic E-state index is 14.8. The second kappa shape index (κ2) is 8.48. The molecule has 3 aliphatic rings. The second-order valence-corrected chi connectivity index (χ2v) is 8.24. The average molecular weight is 421 g/mol. The zero-order valence-corrected chi connectivity index (χ0v) is 17.1. The predicted molar refractivity (Wildman–Crippen MR) is 111 cm³/mol. The number of carbonyl (C=O) groups is 2. The van der Waals surface area contributed by atoms with Crippen molar-refractivity contribution in [1.29, 1.82) is 0 Å². The van der Waals surface area contributed by atoms with Gasteiger partial charge in [0.25, 0.3) is 0 Å². The molecule has 2 fully saturated rings. The Hall–Kier alpha value is -2.49. The van der Waals surface area contributed by atoms with E-state index in [1.807, 2.05) is 4.90 Å². The lowest BCUT2D eigenvalue weighted by Gasteiger charge is -2.37. The van der Waals surface area contributed by atoms with Crippen molar-refractivity contribution in [3.63, 3.8) is 0 Å². The van der Waals surface area contributed by atoms with Gasteiger partial charge in [-0.3, -0.25) is 14.7 Å². The average Bonchev–Trinajstić information content (AvgIpc) is 3.36. The van der Waals surface area contributed by atoms with Crippen LogP contribution in [0.5, 0.6) is 0 Å². The largest absolute Gasteiger partial charge is 0.442 e. The van der Waals surface area contributed by atoms with Crippen LogP contribution >= 0.6 is 11.8 Å². The summed E-state index contributed by atoms with van der Waals surface area (Å²) >= 11 is 1.78. The maximum absolute atomic E-state index is 14.8. The third kappa shape index (κ3) is 4.42. The molecule has 0 aromatic heterocycles. The van der Waals surface area contributed by atoms with Crippen LogP contribution in [0.15, 0.2) is 23.2 Å². The first-order chi connectivity index (χ1) is 14.0. The molecular formula is C19H24FN5O3S. The Kier molecular flexibility index (Phi) is 5.79. The molecule has 4 rings (SSSR count). The number of nitrogens with zero attached hydrogens (tertiary/aromatic N) is 4. The first-order valence-corrected chi connectivity index (χ1v) is 10.7. The molecule has 2 saturated heterocycles. The van der Waals surface area contributed by atoms with Crippen molar-refractivity contribution in [2.75, 3.05) is 61.4 Å². The molecule has 8 nitrogen and oxygen atoms in total. The Morgan fingerprint density at radius 3 is 2.72 bits per heavy atom. The van der Waals surface area contributed by atoms with Gasteiger partial charge in [-0.25, -0.2) is 9.18 Å². The SMILES string of the molecule is CC(=O)NCC1CN(c2ccc(N3CCN(C4=NCCS4)CC3)c(F)c2)C(=O)O1. The number of carbonyl (C=O) groups excluding carboxylic acids is 2. The van der Waals surface area contributed by atoms with E-state index in [1.54, 1.807) is 23.9 Å². The first kappa shape index (κ1) is 19.8. The van der Waals surface area contributed by atoms with Gasteiger partial charge in [-0.15, -0.1) is 0 Å². The Balaban J connectivity index is 1.38. The molecule has 0 spiro atoms. The van der Waals surface area contributed by atoms with Gasteiger partial charge < -0.3 is 19.9 Å². The summed E-state index contributed by atoms with van der Waals surface area (Å²) in [5.74, 6) is 0.492. The molecule has 1 atom stereocenters. The minimum atomic E-state index is -0.532. The molecule has 2 amide bonds. The maximum Gasteiger partial charge on any atom is 0.414 e. The number of hydrogen-bond acceptors (Lipinski definition) is 7. The van der Waals surface area contributed by atoms with Gasteiger partial charge in [0.2, 0.25) is 5.91 Å². The molecular weight excluding hydrogens is 397 g/mol. The highest BCUT2D eigenvalue weighted by atomic mass is 32.2. The molecule has 10 heteroatoms. The summed E-state index contributed by atoms with van der Waals surface area (Å²) in [5.41, 5.74) is 0.994. The summed E-state index contributed by atoms with van der Waals surface area (Å²) in [6, 6.07) is 4.83. The molecule has 1 aromatic carbocycles. The number of rotatable bonds is 4. The van der Waals surface area contributed by atoms with Crippen molar-refractivity contribution in [3.8, 4) is 0 Å². The Morgan fingerprint density at radius 1 is 1.31 bits per heavy atom. The van der Waals surface area contributed by atoms with Gasteiger partial charge >= 0.3 is 6.09 Å². The van der Waals surface area contributed by atoms with E-state index in [0.29, 0.717) is 11.4 Å². The number of anilines is 2. The van der Waals surface area contributed by atoms with Crippen LogP contribution in [-0.4, -0.2) is 79.7 Å². The van der Waals surface area contributed by atoms with Crippen LogP contribution in [0.4, 0.5) is 20.6 Å². The molecule has 156 valence electrons. The molecule has 0 aliphatic carbocycles. The third-order valence-corrected chi connectivity index (χ3v) is 6.19. The number of nitrogens with one attached hydrogen (secondary N) is 1. The first-order valence-electron chi connectivity index (χ1n) is 9.70. The van der Waals surface area contributed by atoms with Crippen LogP contribution in [0.1, 0.15) is 6.92 Å². The quantitative estimate of drug-likeness (QED) is 0.794. The molecule has 0 saturated carbocycles. The van der Waals surface area contributed by atoms with Gasteiger partial charge in [0.05, 0.1) is 31.0 Å². The number of benzene rings is 1. The number of aliphatic imine (C=N–C) groups is 1. The van der Waals surface area contributed by atoms with Crippen molar-refractivity contribution < 1.29 is 18.7 Å². The highest BCUT2D eigenvalue weighted by Gasteiger charge is 2.33. The van der Waals surface area contributed by atoms with Crippen LogP contribution < -0.4 is 15.1 Å². The molecule has 1 N–H and O–H groups in total. The van der Waals surface area contributed by atoms with E-state index in [-0.39, 0.29) is 24.8 Å². The fourth-order valence-electron chi connectivity index (χ4n) is 3.67. The van der Waals surface area contributed by atoms with Gasteiger partial charge in [-0.05, 0) is 18.2 Å². The topological polar surface area (TPSA) is 77.5 Å². The molecule has 29 heavy (non-hydrogen) atoms. The van der Waals surface area contributed by atoms with Crippen molar-refractivity contribution in [1.82, 2.24) is 10.2 Å². The fourth-order valence-corrected chi connectivity index (χ4v) is 4.58. The summed E-state index contributed by atoms with van der Waals surface area (Å²) in [5, 5.41) is 3.73. The van der Waals surface area contributed by atoms with Gasteiger partial charge in [0.15, 0.2) is 5.17 Å². The highest BCUT2D eigenvalue weighted by Crippen LogP contribution is 2.29. The van der Waals surface area contributed by atoms with E-state index in [0.717, 1.165) is 43.6 Å². The number of cyclic esters (lactones) is 1. The number of halogens is 1. The van der Waals surface area contributed by atoms with Crippen molar-refractivity contribution >= 4 is 40.3 Å². The molecule has 1 aromatic rings. The Morgan fingerprint density at radius 2 is 2.07 bits per heavy atom. The van der Waals surface area contributed by atoms with Crippen molar-refractivity contribution in [2.24, 2.45) is 4.99 Å². The number of ether oxygens (including phenoxy) is 1. The zero-order chi connectivity index (χ0) is 20.4. The normalized spacial score (nSPS) is 22.0. The minimum absolute atomic E-state index is 0.186. The lowest BCUT2D eigenvalue weighted by Crippen LogP contribution is -2.48. The van der Waals surface area contributed by atoms with Crippen molar-refractivity contribution in [3.05, 3.63) is 24.0 Å². The number of hydrogen-bond donors (Lipinski definition) is 1. The summed E-state index contributed by atoms with van der Waals surface area (Å²) in [4.78, 5) is 33.3. The molecule has 3 aliphatic heterocycles. The monoisotopic (exact) mass is 421 g/mol. The van der Waals surface area contributed by atoms with E-state index in [4.69, 9.17) is 4.74 Å². The molecule has 1 unspecified atom stereocenters. The number of amidine groups is 1. The van der Waals surface area contributed by atoms with Crippen LogP contribution in [-0.2, 0) is 9.53 Å².